The van der Waals surface area contributed by atoms with Crippen molar-refractivity contribution in [2.75, 3.05) is 6.61 Å². The zero-order valence-corrected chi connectivity index (χ0v) is 16.0. The van der Waals surface area contributed by atoms with E-state index in [1.807, 2.05) is 32.9 Å². The molecule has 0 aliphatic carbocycles. The van der Waals surface area contributed by atoms with Crippen molar-refractivity contribution in [2.24, 2.45) is 5.92 Å². The van der Waals surface area contributed by atoms with Crippen LogP contribution in [-0.4, -0.2) is 12.8 Å². The van der Waals surface area contributed by atoms with Gasteiger partial charge >= 0.3 is 6.16 Å². The Hall–Kier alpha value is -2.79. The zero-order valence-electron chi connectivity index (χ0n) is 15.2. The lowest BCUT2D eigenvalue weighted by Gasteiger charge is -2.12. The summed E-state index contributed by atoms with van der Waals surface area (Å²) in [7, 11) is 0. The van der Waals surface area contributed by atoms with Crippen LogP contribution in [0.2, 0.25) is 5.02 Å². The van der Waals surface area contributed by atoms with Gasteiger partial charge in [-0.2, -0.15) is 0 Å². The van der Waals surface area contributed by atoms with E-state index in [-0.39, 0.29) is 29.4 Å². The number of hydrogen-bond donors (Lipinski definition) is 0. The Morgan fingerprint density at radius 1 is 1.15 bits per heavy atom. The standard InChI is InChI=1S/C21H19ClO5/c1-12(2)11-25-21(24)27-20-18(23)16-10-15(22)8-9-17(16)26-19(20)14-6-4-13(3)5-7-14/h4-10,12H,11H2,1-3H3. The summed E-state index contributed by atoms with van der Waals surface area (Å²) >= 11 is 5.99. The van der Waals surface area contributed by atoms with Crippen LogP contribution in [0.25, 0.3) is 22.3 Å². The summed E-state index contributed by atoms with van der Waals surface area (Å²) in [6.07, 6.45) is -0.953. The van der Waals surface area contributed by atoms with Gasteiger partial charge in [0.25, 0.3) is 0 Å². The summed E-state index contributed by atoms with van der Waals surface area (Å²) in [5.41, 5.74) is 1.52. The lowest BCUT2D eigenvalue weighted by atomic mass is 10.1. The Labute approximate surface area is 161 Å². The number of fused-ring (bicyclic) bond motifs is 1. The van der Waals surface area contributed by atoms with Crippen molar-refractivity contribution in [2.45, 2.75) is 20.8 Å². The molecule has 27 heavy (non-hydrogen) atoms. The number of hydrogen-bond acceptors (Lipinski definition) is 5. The average Bonchev–Trinajstić information content (AvgIpc) is 2.63. The second-order valence-electron chi connectivity index (χ2n) is 6.65. The molecule has 0 amide bonds. The molecule has 2 aromatic carbocycles. The van der Waals surface area contributed by atoms with Crippen LogP contribution in [0.4, 0.5) is 4.79 Å². The third-order valence-corrected chi connectivity index (χ3v) is 4.08. The summed E-state index contributed by atoms with van der Waals surface area (Å²) in [5.74, 6) is 0.0830. The number of halogens is 1. The molecule has 0 atom stereocenters. The summed E-state index contributed by atoms with van der Waals surface area (Å²) in [4.78, 5) is 25.0. The fourth-order valence-corrected chi connectivity index (χ4v) is 2.66. The molecule has 0 radical (unpaired) electrons. The summed E-state index contributed by atoms with van der Waals surface area (Å²) in [6.45, 7) is 5.93. The number of benzene rings is 2. The minimum atomic E-state index is -0.953. The molecule has 0 fully saturated rings. The van der Waals surface area contributed by atoms with Crippen LogP contribution in [0.1, 0.15) is 19.4 Å². The van der Waals surface area contributed by atoms with Crippen LogP contribution in [0.3, 0.4) is 0 Å². The molecule has 1 aromatic heterocycles. The van der Waals surface area contributed by atoms with E-state index in [4.69, 9.17) is 25.5 Å². The Morgan fingerprint density at radius 3 is 2.52 bits per heavy atom. The first-order chi connectivity index (χ1) is 12.8. The van der Waals surface area contributed by atoms with E-state index >= 15 is 0 Å². The first kappa shape index (κ1) is 19.0. The molecule has 0 spiro atoms. The molecule has 0 bridgehead atoms. The van der Waals surface area contributed by atoms with Crippen LogP contribution in [0.5, 0.6) is 5.75 Å². The summed E-state index contributed by atoms with van der Waals surface area (Å²) < 4.78 is 16.2. The van der Waals surface area contributed by atoms with Crippen LogP contribution in [-0.2, 0) is 4.74 Å². The van der Waals surface area contributed by atoms with Crippen LogP contribution in [0, 0.1) is 12.8 Å². The molecular formula is C21H19ClO5. The number of rotatable bonds is 4. The molecule has 3 rings (SSSR count). The predicted octanol–water partition coefficient (Wildman–Crippen LogP) is 5.59. The van der Waals surface area contributed by atoms with Crippen molar-refractivity contribution in [1.82, 2.24) is 0 Å². The number of aryl methyl sites for hydroxylation is 1. The molecule has 3 aromatic rings. The zero-order chi connectivity index (χ0) is 19.6. The second kappa shape index (κ2) is 7.84. The maximum absolute atomic E-state index is 13.0. The average molecular weight is 387 g/mol. The molecule has 0 aliphatic rings. The van der Waals surface area contributed by atoms with E-state index < -0.39 is 11.6 Å². The largest absolute Gasteiger partial charge is 0.514 e. The highest BCUT2D eigenvalue weighted by molar-refractivity contribution is 6.31. The topological polar surface area (TPSA) is 65.7 Å². The van der Waals surface area contributed by atoms with E-state index in [0.29, 0.717) is 16.2 Å². The smallest absolute Gasteiger partial charge is 0.452 e. The van der Waals surface area contributed by atoms with Crippen LogP contribution in [0.15, 0.2) is 51.7 Å². The molecule has 5 nitrogen and oxygen atoms in total. The van der Waals surface area contributed by atoms with E-state index in [2.05, 4.69) is 0 Å². The highest BCUT2D eigenvalue weighted by Crippen LogP contribution is 2.32. The minimum Gasteiger partial charge on any atom is -0.452 e. The number of carbonyl (C=O) groups is 1. The van der Waals surface area contributed by atoms with Gasteiger partial charge in [0.2, 0.25) is 11.2 Å². The molecule has 0 aliphatic heterocycles. The van der Waals surface area contributed by atoms with Crippen molar-refractivity contribution in [3.05, 3.63) is 63.3 Å². The van der Waals surface area contributed by atoms with Gasteiger partial charge in [-0.05, 0) is 31.0 Å². The molecule has 6 heteroatoms. The maximum Gasteiger partial charge on any atom is 0.514 e. The van der Waals surface area contributed by atoms with E-state index in [0.717, 1.165) is 5.56 Å². The van der Waals surface area contributed by atoms with E-state index in [9.17, 15) is 9.59 Å². The Kier molecular flexibility index (Phi) is 5.51. The van der Waals surface area contributed by atoms with Crippen molar-refractivity contribution in [1.29, 1.82) is 0 Å². The lowest BCUT2D eigenvalue weighted by molar-refractivity contribution is 0.0879. The SMILES string of the molecule is Cc1ccc(-c2oc3ccc(Cl)cc3c(=O)c2OC(=O)OCC(C)C)cc1. The van der Waals surface area contributed by atoms with Gasteiger partial charge in [-0.25, -0.2) is 4.79 Å². The quantitative estimate of drug-likeness (QED) is 0.546. The second-order valence-corrected chi connectivity index (χ2v) is 7.09. The molecule has 0 saturated carbocycles. The number of carbonyl (C=O) groups excluding carboxylic acids is 1. The van der Waals surface area contributed by atoms with Gasteiger partial charge in [0.05, 0.1) is 12.0 Å². The molecule has 0 unspecified atom stereocenters. The van der Waals surface area contributed by atoms with Crippen LogP contribution < -0.4 is 10.2 Å². The van der Waals surface area contributed by atoms with Gasteiger partial charge in [-0.1, -0.05) is 55.3 Å². The Balaban J connectivity index is 2.13. The van der Waals surface area contributed by atoms with Gasteiger partial charge in [0.15, 0.2) is 5.76 Å². The number of ether oxygens (including phenoxy) is 2. The third kappa shape index (κ3) is 4.31. The van der Waals surface area contributed by atoms with Gasteiger partial charge < -0.3 is 13.9 Å². The monoisotopic (exact) mass is 386 g/mol. The Morgan fingerprint density at radius 2 is 1.85 bits per heavy atom. The first-order valence-corrected chi connectivity index (χ1v) is 8.91. The van der Waals surface area contributed by atoms with Gasteiger partial charge in [-0.3, -0.25) is 4.79 Å². The van der Waals surface area contributed by atoms with Crippen molar-refractivity contribution in [3.63, 3.8) is 0 Å². The highest BCUT2D eigenvalue weighted by Gasteiger charge is 2.21. The molecule has 140 valence electrons. The van der Waals surface area contributed by atoms with Gasteiger partial charge in [0.1, 0.15) is 5.58 Å². The lowest BCUT2D eigenvalue weighted by Crippen LogP contribution is -2.19. The molecule has 1 heterocycles. The highest BCUT2D eigenvalue weighted by atomic mass is 35.5. The van der Waals surface area contributed by atoms with Gasteiger partial charge in [-0.15, -0.1) is 0 Å². The molecule has 0 saturated heterocycles. The third-order valence-electron chi connectivity index (χ3n) is 3.84. The van der Waals surface area contributed by atoms with Crippen LogP contribution >= 0.6 is 11.6 Å². The van der Waals surface area contributed by atoms with Gasteiger partial charge in [0, 0.05) is 10.6 Å². The fraction of sp³-hybridized carbons (Fsp3) is 0.238. The van der Waals surface area contributed by atoms with Crippen molar-refractivity contribution >= 4 is 28.7 Å². The fourth-order valence-electron chi connectivity index (χ4n) is 2.49. The predicted molar refractivity (Wildman–Crippen MR) is 104 cm³/mol. The molecule has 0 N–H and O–H groups in total. The first-order valence-electron chi connectivity index (χ1n) is 8.53. The maximum atomic E-state index is 13.0. The van der Waals surface area contributed by atoms with Crippen molar-refractivity contribution < 1.29 is 18.7 Å². The summed E-state index contributed by atoms with van der Waals surface area (Å²) in [6, 6.07) is 12.1. The van der Waals surface area contributed by atoms with Crippen molar-refractivity contribution in [3.8, 4) is 17.1 Å². The minimum absolute atomic E-state index is 0.140. The molecular weight excluding hydrogens is 368 g/mol. The normalized spacial score (nSPS) is 11.0. The Bertz CT molecular complexity index is 1030. The summed E-state index contributed by atoms with van der Waals surface area (Å²) in [5, 5.41) is 0.608. The van der Waals surface area contributed by atoms with E-state index in [1.54, 1.807) is 24.3 Å². The van der Waals surface area contributed by atoms with E-state index in [1.165, 1.54) is 6.07 Å².